The van der Waals surface area contributed by atoms with E-state index >= 15 is 0 Å². The second-order valence-corrected chi connectivity index (χ2v) is 14.8. The summed E-state index contributed by atoms with van der Waals surface area (Å²) < 4.78 is 0. The van der Waals surface area contributed by atoms with Crippen LogP contribution in [0.4, 0.5) is 34.1 Å². The molecule has 0 N–H and O–H groups in total. The molecular formula is C44H39BN2. The Kier molecular flexibility index (Phi) is 5.85. The fourth-order valence-corrected chi connectivity index (χ4v) is 8.83. The molecule has 0 amide bonds. The van der Waals surface area contributed by atoms with Crippen molar-refractivity contribution in [1.29, 1.82) is 0 Å². The molecule has 0 radical (unpaired) electrons. The molecule has 228 valence electrons. The van der Waals surface area contributed by atoms with Gasteiger partial charge in [-0.05, 0) is 101 Å². The van der Waals surface area contributed by atoms with Crippen molar-refractivity contribution in [2.45, 2.75) is 52.4 Å². The largest absolute Gasteiger partial charge is 0.311 e. The third-order valence-corrected chi connectivity index (χ3v) is 11.2. The molecule has 6 aromatic carbocycles. The number of nitrogens with zero attached hydrogens (tertiary/aromatic N) is 2. The SMILES string of the molecule is Cc1ccc(N2c3ccc(C)cc3B3c4cc5c(cc4N(c4ccccc4)c4cccc2c43)C(C)(C)c2ccccc2C5(C)C)cc1. The molecule has 9 rings (SSSR count). The quantitative estimate of drug-likeness (QED) is 0.181. The minimum absolute atomic E-state index is 0.106. The summed E-state index contributed by atoms with van der Waals surface area (Å²) in [5.74, 6) is 0. The highest BCUT2D eigenvalue weighted by molar-refractivity contribution is 7.00. The molecule has 0 atom stereocenters. The van der Waals surface area contributed by atoms with Gasteiger partial charge in [-0.25, -0.2) is 0 Å². The van der Waals surface area contributed by atoms with Gasteiger partial charge in [0, 0.05) is 45.0 Å². The van der Waals surface area contributed by atoms with E-state index in [1.54, 1.807) is 0 Å². The zero-order chi connectivity index (χ0) is 32.2. The Balaban J connectivity index is 1.40. The predicted molar refractivity (Wildman–Crippen MR) is 201 cm³/mol. The summed E-state index contributed by atoms with van der Waals surface area (Å²) in [5, 5.41) is 0. The Morgan fingerprint density at radius 3 is 1.62 bits per heavy atom. The number of aryl methyl sites for hydroxylation is 2. The lowest BCUT2D eigenvalue weighted by Crippen LogP contribution is -2.61. The molecule has 2 aliphatic heterocycles. The lowest BCUT2D eigenvalue weighted by atomic mass is 9.33. The number of hydrogen-bond acceptors (Lipinski definition) is 2. The van der Waals surface area contributed by atoms with Gasteiger partial charge in [-0.2, -0.15) is 0 Å². The number of anilines is 6. The molecule has 0 saturated carbocycles. The van der Waals surface area contributed by atoms with Crippen LogP contribution in [0.3, 0.4) is 0 Å². The van der Waals surface area contributed by atoms with E-state index in [-0.39, 0.29) is 17.5 Å². The lowest BCUT2D eigenvalue weighted by Gasteiger charge is -2.48. The summed E-state index contributed by atoms with van der Waals surface area (Å²) in [6.45, 7) is 14.2. The van der Waals surface area contributed by atoms with Gasteiger partial charge in [0.25, 0.3) is 6.71 Å². The number of fused-ring (bicyclic) bond motifs is 6. The first kappa shape index (κ1) is 28.2. The van der Waals surface area contributed by atoms with Crippen molar-refractivity contribution in [3.63, 3.8) is 0 Å². The third kappa shape index (κ3) is 3.86. The Labute approximate surface area is 279 Å². The summed E-state index contributed by atoms with van der Waals surface area (Å²) in [6, 6.07) is 48.1. The summed E-state index contributed by atoms with van der Waals surface area (Å²) >= 11 is 0. The van der Waals surface area contributed by atoms with Crippen LogP contribution >= 0.6 is 0 Å². The van der Waals surface area contributed by atoms with E-state index in [1.807, 2.05) is 0 Å². The van der Waals surface area contributed by atoms with Crippen LogP contribution in [0.15, 0.2) is 127 Å². The minimum atomic E-state index is -0.135. The molecule has 0 saturated heterocycles. The summed E-state index contributed by atoms with van der Waals surface area (Å²) in [7, 11) is 0. The summed E-state index contributed by atoms with van der Waals surface area (Å²) in [4.78, 5) is 5.02. The Morgan fingerprint density at radius 2 is 0.957 bits per heavy atom. The fourth-order valence-electron chi connectivity index (χ4n) is 8.83. The highest BCUT2D eigenvalue weighted by atomic mass is 15.2. The van der Waals surface area contributed by atoms with Gasteiger partial charge in [0.05, 0.1) is 0 Å². The first-order valence-electron chi connectivity index (χ1n) is 16.9. The van der Waals surface area contributed by atoms with Crippen LogP contribution < -0.4 is 26.2 Å². The molecule has 0 unspecified atom stereocenters. The average molecular weight is 607 g/mol. The maximum atomic E-state index is 2.59. The van der Waals surface area contributed by atoms with Crippen molar-refractivity contribution < 1.29 is 0 Å². The first-order valence-corrected chi connectivity index (χ1v) is 16.9. The van der Waals surface area contributed by atoms with Crippen LogP contribution in [0, 0.1) is 13.8 Å². The van der Waals surface area contributed by atoms with Gasteiger partial charge < -0.3 is 9.80 Å². The lowest BCUT2D eigenvalue weighted by molar-refractivity contribution is 0.521. The van der Waals surface area contributed by atoms with Gasteiger partial charge in [-0.15, -0.1) is 0 Å². The van der Waals surface area contributed by atoms with E-state index in [0.29, 0.717) is 0 Å². The van der Waals surface area contributed by atoms with Crippen molar-refractivity contribution in [3.05, 3.63) is 161 Å². The Bertz CT molecular complexity index is 2230. The zero-order valence-corrected chi connectivity index (χ0v) is 28.1. The van der Waals surface area contributed by atoms with E-state index < -0.39 is 0 Å². The van der Waals surface area contributed by atoms with Gasteiger partial charge in [-0.3, -0.25) is 0 Å². The van der Waals surface area contributed by atoms with Gasteiger partial charge >= 0.3 is 0 Å². The Hall–Kier alpha value is -5.02. The summed E-state index contributed by atoms with van der Waals surface area (Å²) in [6.07, 6.45) is 0. The topological polar surface area (TPSA) is 6.48 Å². The van der Waals surface area contributed by atoms with Gasteiger partial charge in [0.1, 0.15) is 0 Å². The number of para-hydroxylation sites is 1. The van der Waals surface area contributed by atoms with E-state index in [2.05, 4.69) is 179 Å². The van der Waals surface area contributed by atoms with Crippen LogP contribution in [0.5, 0.6) is 0 Å². The molecular weight excluding hydrogens is 567 g/mol. The molecule has 0 aromatic heterocycles. The van der Waals surface area contributed by atoms with Crippen molar-refractivity contribution in [1.82, 2.24) is 0 Å². The molecule has 1 aliphatic carbocycles. The van der Waals surface area contributed by atoms with Crippen LogP contribution in [0.1, 0.15) is 61.1 Å². The van der Waals surface area contributed by atoms with Crippen LogP contribution in [0.25, 0.3) is 0 Å². The molecule has 0 bridgehead atoms. The van der Waals surface area contributed by atoms with Crippen molar-refractivity contribution >= 4 is 57.2 Å². The minimum Gasteiger partial charge on any atom is -0.311 e. The maximum Gasteiger partial charge on any atom is 0.252 e. The second-order valence-electron chi connectivity index (χ2n) is 14.8. The van der Waals surface area contributed by atoms with Gasteiger partial charge in [-0.1, -0.05) is 118 Å². The Morgan fingerprint density at radius 1 is 0.426 bits per heavy atom. The van der Waals surface area contributed by atoms with E-state index in [1.165, 1.54) is 83.9 Å². The first-order chi connectivity index (χ1) is 22.7. The number of hydrogen-bond donors (Lipinski definition) is 0. The van der Waals surface area contributed by atoms with Crippen molar-refractivity contribution in [2.24, 2.45) is 0 Å². The highest BCUT2D eigenvalue weighted by Gasteiger charge is 2.47. The van der Waals surface area contributed by atoms with Crippen LogP contribution in [0.2, 0.25) is 0 Å². The molecule has 6 aromatic rings. The van der Waals surface area contributed by atoms with E-state index in [0.717, 1.165) is 0 Å². The highest BCUT2D eigenvalue weighted by Crippen LogP contribution is 2.52. The monoisotopic (exact) mass is 606 g/mol. The molecule has 0 spiro atoms. The smallest absolute Gasteiger partial charge is 0.252 e. The normalized spacial score (nSPS) is 16.1. The predicted octanol–water partition coefficient (Wildman–Crippen LogP) is 9.35. The second kappa shape index (κ2) is 9.75. The van der Waals surface area contributed by atoms with Crippen LogP contribution in [-0.4, -0.2) is 6.71 Å². The van der Waals surface area contributed by atoms with Crippen LogP contribution in [-0.2, 0) is 10.8 Å². The molecule has 0 fully saturated rings. The molecule has 2 heterocycles. The average Bonchev–Trinajstić information content (AvgIpc) is 3.08. The molecule has 47 heavy (non-hydrogen) atoms. The molecule has 2 nitrogen and oxygen atoms in total. The van der Waals surface area contributed by atoms with E-state index in [9.17, 15) is 0 Å². The third-order valence-electron chi connectivity index (χ3n) is 11.2. The van der Waals surface area contributed by atoms with Gasteiger partial charge in [0.15, 0.2) is 0 Å². The van der Waals surface area contributed by atoms with Gasteiger partial charge in [0.2, 0.25) is 0 Å². The number of benzene rings is 6. The molecule has 3 aliphatic rings. The number of rotatable bonds is 2. The fraction of sp³-hybridized carbons (Fsp3) is 0.182. The van der Waals surface area contributed by atoms with Crippen molar-refractivity contribution in [3.8, 4) is 0 Å². The summed E-state index contributed by atoms with van der Waals surface area (Å²) in [5.41, 5.74) is 19.5. The van der Waals surface area contributed by atoms with E-state index in [4.69, 9.17) is 0 Å². The zero-order valence-electron chi connectivity index (χ0n) is 28.1. The molecule has 3 heteroatoms. The maximum absolute atomic E-state index is 2.59. The standard InChI is InChI=1S/C44H39BN2/c1-28-19-22-31(23-20-28)46-38-24-21-29(2)25-36(38)45-37-26-34-35(44(5,6)33-16-11-10-15-32(33)43(34,3)4)27-41(37)47(30-13-8-7-9-14-30)40-18-12-17-39(46)42(40)45/h7-27H,1-6H3. The van der Waals surface area contributed by atoms with Crippen molar-refractivity contribution in [2.75, 3.05) is 9.80 Å².